The number of ether oxygens (including phenoxy) is 2. The highest BCUT2D eigenvalue weighted by Gasteiger charge is 2.37. The third kappa shape index (κ3) is 12.3. The first-order valence-electron chi connectivity index (χ1n) is 26.9. The summed E-state index contributed by atoms with van der Waals surface area (Å²) < 4.78 is 16.8. The van der Waals surface area contributed by atoms with Gasteiger partial charge in [0, 0.05) is 58.4 Å². The van der Waals surface area contributed by atoms with Crippen LogP contribution in [0.4, 0.5) is 11.4 Å². The van der Waals surface area contributed by atoms with Crippen LogP contribution in [0.3, 0.4) is 0 Å². The predicted molar refractivity (Wildman–Crippen MR) is 298 cm³/mol. The maximum absolute atomic E-state index is 13.3. The standard InChI is InChI=1S/C63H64N2O4.2C2H6/c1-40-23-50(24-41(40)2)29-52-27-44(5)58(31-52)62(66)68-38-48-19-15-46(16-20-48)36-64-56(33-54-11-7-9-13-60(54)64)35-57-34-55-12-8-10-14-61(55)65(57)37-47-17-21-49(22-18-47)39-69-63(67)59-32-53(28-45(59)6)30-51-25-42(3)43(4)26-51;2*1-2/h7-22H,23-28,31-39H2,1-6H3;2*1-2H3/q+2;;. The molecule has 6 aliphatic rings. The van der Waals surface area contributed by atoms with E-state index in [1.165, 1.54) is 89.6 Å². The van der Waals surface area contributed by atoms with Gasteiger partial charge in [0.25, 0.3) is 0 Å². The lowest BCUT2D eigenvalue weighted by Crippen LogP contribution is -2.22. The summed E-state index contributed by atoms with van der Waals surface area (Å²) in [5.74, 6) is -0.428. The van der Waals surface area contributed by atoms with Crippen LogP contribution in [0.2, 0.25) is 0 Å². The van der Waals surface area contributed by atoms with Crippen molar-refractivity contribution in [1.82, 2.24) is 0 Å². The monoisotopic (exact) mass is 973 g/mol. The highest BCUT2D eigenvalue weighted by molar-refractivity contribution is 6.05. The Morgan fingerprint density at radius 1 is 0.411 bits per heavy atom. The molecule has 0 spiro atoms. The molecule has 0 amide bonds. The van der Waals surface area contributed by atoms with Gasteiger partial charge < -0.3 is 9.47 Å². The molecule has 4 aliphatic carbocycles. The Hall–Kier alpha value is -6.84. The lowest BCUT2D eigenvalue weighted by Gasteiger charge is -2.09. The highest BCUT2D eigenvalue weighted by atomic mass is 16.5. The maximum Gasteiger partial charge on any atom is 0.334 e. The topological polar surface area (TPSA) is 58.6 Å². The molecule has 0 saturated carbocycles. The van der Waals surface area contributed by atoms with Gasteiger partial charge in [-0.05, 0) is 113 Å². The summed E-state index contributed by atoms with van der Waals surface area (Å²) in [6.45, 7) is 22.9. The van der Waals surface area contributed by atoms with E-state index in [4.69, 9.17) is 9.47 Å². The maximum atomic E-state index is 13.3. The summed E-state index contributed by atoms with van der Waals surface area (Å²) in [6, 6.07) is 34.7. The van der Waals surface area contributed by atoms with Crippen LogP contribution in [-0.4, -0.2) is 32.5 Å². The van der Waals surface area contributed by atoms with Crippen molar-refractivity contribution in [2.75, 3.05) is 0 Å². The number of benzene rings is 4. The zero-order valence-electron chi connectivity index (χ0n) is 45.4. The fourth-order valence-corrected chi connectivity index (χ4v) is 11.1. The molecule has 0 aromatic heterocycles. The second kappa shape index (κ2) is 23.8. The molecule has 0 fully saturated rings. The van der Waals surface area contributed by atoms with Crippen molar-refractivity contribution in [2.24, 2.45) is 0 Å². The molecular formula is C67H76N2O4+2. The average Bonchev–Trinajstić information content (AvgIpc) is 4.25. The molecule has 2 heterocycles. The molecule has 10 rings (SSSR count). The molecule has 0 atom stereocenters. The van der Waals surface area contributed by atoms with Gasteiger partial charge in [0.15, 0.2) is 24.5 Å². The minimum absolute atomic E-state index is 0.214. The first-order valence-corrected chi connectivity index (χ1v) is 26.9. The van der Waals surface area contributed by atoms with Gasteiger partial charge in [0.05, 0.1) is 12.8 Å². The second-order valence-corrected chi connectivity index (χ2v) is 20.6. The van der Waals surface area contributed by atoms with E-state index >= 15 is 0 Å². The van der Waals surface area contributed by atoms with Crippen LogP contribution in [0.5, 0.6) is 0 Å². The summed E-state index contributed by atoms with van der Waals surface area (Å²) in [5, 5.41) is 0. The highest BCUT2D eigenvalue weighted by Crippen LogP contribution is 2.37. The van der Waals surface area contributed by atoms with E-state index in [9.17, 15) is 9.59 Å². The van der Waals surface area contributed by atoms with E-state index in [-0.39, 0.29) is 25.2 Å². The Kier molecular flexibility index (Phi) is 17.1. The molecule has 0 unspecified atom stereocenters. The molecular weight excluding hydrogens is 897 g/mol. The number of hydrogen-bond acceptors (Lipinski definition) is 4. The SMILES string of the molecule is CC.CC.CC1=C(C)CC(=C=C2CC(C)=C(C(=O)OCc3ccc(C[N+]4=C(CC5=[N+](Cc6ccc(COC(=O)C7=C(C)CC(=C=C8CC(C)=C(C)C8)C7)cc6)c6ccccc6C5)Cc5ccccc54)cc3)C2)C1. The summed E-state index contributed by atoms with van der Waals surface area (Å²) in [4.78, 5) is 26.6. The largest absolute Gasteiger partial charge is 0.457 e. The average molecular weight is 973 g/mol. The number of nitrogens with zero attached hydrogens (tertiary/aromatic N) is 2. The quantitative estimate of drug-likeness (QED) is 0.0614. The van der Waals surface area contributed by atoms with Crippen molar-refractivity contribution in [2.45, 2.75) is 166 Å². The number of carbonyl (C=O) groups is 2. The minimum Gasteiger partial charge on any atom is -0.457 e. The van der Waals surface area contributed by atoms with Crippen molar-refractivity contribution in [3.05, 3.63) is 209 Å². The smallest absolute Gasteiger partial charge is 0.334 e. The fourth-order valence-electron chi connectivity index (χ4n) is 11.1. The van der Waals surface area contributed by atoms with Crippen LogP contribution in [0, 0.1) is 0 Å². The molecule has 0 saturated heterocycles. The molecule has 0 bridgehead atoms. The molecule has 0 N–H and O–H groups in total. The van der Waals surface area contributed by atoms with Crippen LogP contribution < -0.4 is 0 Å². The van der Waals surface area contributed by atoms with E-state index in [0.717, 1.165) is 104 Å². The number of allylic oxidation sites excluding steroid dienone is 8. The number of para-hydroxylation sites is 2. The number of esters is 2. The Morgan fingerprint density at radius 3 is 1.10 bits per heavy atom. The zero-order valence-corrected chi connectivity index (χ0v) is 45.4. The molecule has 376 valence electrons. The first kappa shape index (κ1) is 52.5. The number of fused-ring (bicyclic) bond motifs is 2. The summed E-state index contributed by atoms with van der Waals surface area (Å²) in [6.07, 6.45) is 9.53. The second-order valence-electron chi connectivity index (χ2n) is 20.6. The normalized spacial score (nSPS) is 17.0. The van der Waals surface area contributed by atoms with Crippen LogP contribution in [0.15, 0.2) is 175 Å². The molecule has 0 radical (unpaired) electrons. The van der Waals surface area contributed by atoms with Crippen LogP contribution in [0.1, 0.15) is 160 Å². The molecule has 2 aliphatic heterocycles. The van der Waals surface area contributed by atoms with Crippen LogP contribution in [-0.2, 0) is 58.2 Å². The van der Waals surface area contributed by atoms with Crippen molar-refractivity contribution < 1.29 is 28.2 Å². The first-order chi connectivity index (χ1) is 35.4. The van der Waals surface area contributed by atoms with Gasteiger partial charge in [-0.15, -0.1) is 11.5 Å². The van der Waals surface area contributed by atoms with Gasteiger partial charge in [0.2, 0.25) is 11.4 Å². The van der Waals surface area contributed by atoms with Crippen molar-refractivity contribution in [3.63, 3.8) is 0 Å². The van der Waals surface area contributed by atoms with E-state index in [1.807, 2.05) is 27.7 Å². The van der Waals surface area contributed by atoms with Gasteiger partial charge in [-0.25, -0.2) is 9.59 Å². The van der Waals surface area contributed by atoms with Gasteiger partial charge in [0.1, 0.15) is 19.6 Å². The van der Waals surface area contributed by atoms with Crippen molar-refractivity contribution >= 4 is 34.7 Å². The molecule has 6 heteroatoms. The number of rotatable bonds is 12. The summed E-state index contributed by atoms with van der Waals surface area (Å²) in [5.41, 5.74) is 34.3. The Labute approximate surface area is 436 Å². The molecule has 4 aromatic carbocycles. The summed E-state index contributed by atoms with van der Waals surface area (Å²) >= 11 is 0. The molecule has 73 heavy (non-hydrogen) atoms. The minimum atomic E-state index is -0.214. The third-order valence-corrected chi connectivity index (χ3v) is 15.3. The van der Waals surface area contributed by atoms with Crippen LogP contribution >= 0.6 is 0 Å². The van der Waals surface area contributed by atoms with Gasteiger partial charge in [-0.3, -0.25) is 0 Å². The van der Waals surface area contributed by atoms with E-state index in [1.54, 1.807) is 0 Å². The van der Waals surface area contributed by atoms with E-state index < -0.39 is 0 Å². The van der Waals surface area contributed by atoms with Crippen molar-refractivity contribution in [3.8, 4) is 0 Å². The van der Waals surface area contributed by atoms with Gasteiger partial charge in [-0.2, -0.15) is 9.15 Å². The van der Waals surface area contributed by atoms with Gasteiger partial charge >= 0.3 is 11.9 Å². The summed E-state index contributed by atoms with van der Waals surface area (Å²) in [7, 11) is 0. The number of carbonyl (C=O) groups excluding carboxylic acids is 2. The Morgan fingerprint density at radius 2 is 0.726 bits per heavy atom. The van der Waals surface area contributed by atoms with E-state index in [2.05, 4.69) is 159 Å². The third-order valence-electron chi connectivity index (χ3n) is 15.3. The zero-order chi connectivity index (χ0) is 51.8. The Bertz CT molecular complexity index is 2920. The van der Waals surface area contributed by atoms with Crippen LogP contribution in [0.25, 0.3) is 0 Å². The Balaban J connectivity index is 0.00000174. The number of hydrogen-bond donors (Lipinski definition) is 0. The van der Waals surface area contributed by atoms with Crippen molar-refractivity contribution in [1.29, 1.82) is 0 Å². The lowest BCUT2D eigenvalue weighted by atomic mass is 10.0. The van der Waals surface area contributed by atoms with Gasteiger partial charge in [-0.1, -0.05) is 146 Å². The molecule has 4 aromatic rings. The molecule has 6 nitrogen and oxygen atoms in total. The predicted octanol–water partition coefficient (Wildman–Crippen LogP) is 16.0. The fraction of sp³-hybridized carbons (Fsp3) is 0.373. The van der Waals surface area contributed by atoms with E-state index in [0.29, 0.717) is 12.8 Å². The lowest BCUT2D eigenvalue weighted by molar-refractivity contribution is -0.461.